The number of unbranched alkanes of at least 4 members (excludes halogenated alkanes) is 31. The Kier molecular flexibility index (Phi) is 57.6. The number of carboxylic acid groups (broad SMARTS) is 1. The molecule has 0 aromatic heterocycles. The topological polar surface area (TPSA) is 767 Å². The lowest BCUT2D eigenvalue weighted by Gasteiger charge is -2.52. The molecule has 0 aromatic carbocycles. The second-order valence-electron chi connectivity index (χ2n) is 40.6. The Balaban J connectivity index is 0.952. The smallest absolute Gasteiger partial charge is 0.364 e. The third kappa shape index (κ3) is 37.6. The van der Waals surface area contributed by atoms with Crippen LogP contribution in [0.25, 0.3) is 0 Å². The number of aliphatic hydroxyl groups is 23. The molecule has 0 bridgehead atoms. The molecule has 0 radical (unpaired) electrons. The van der Waals surface area contributed by atoms with Crippen molar-refractivity contribution in [2.24, 2.45) is 0 Å². The van der Waals surface area contributed by atoms with Crippen molar-refractivity contribution in [3.8, 4) is 0 Å². The van der Waals surface area contributed by atoms with E-state index in [2.05, 4.69) is 35.1 Å². The van der Waals surface area contributed by atoms with Gasteiger partial charge in [0.15, 0.2) is 44.0 Å². The van der Waals surface area contributed by atoms with Crippen LogP contribution in [0, 0.1) is 0 Å². The van der Waals surface area contributed by atoms with Crippen molar-refractivity contribution in [2.75, 3.05) is 52.9 Å². The van der Waals surface area contributed by atoms with Gasteiger partial charge in [-0.25, -0.2) is 4.79 Å². The Morgan fingerprint density at radius 3 is 1.19 bits per heavy atom. The number of nitrogens with one attached hydrogen (secondary N) is 4. The van der Waals surface area contributed by atoms with Gasteiger partial charge in [0, 0.05) is 33.6 Å². The molecule has 8 heterocycles. The molecule has 8 aliphatic heterocycles. The van der Waals surface area contributed by atoms with E-state index in [1.807, 2.05) is 6.08 Å². The number of carbonyl (C=O) groups is 5. The van der Waals surface area contributed by atoms with Gasteiger partial charge < -0.3 is 220 Å². The quantitative estimate of drug-likeness (QED) is 0.0203. The molecule has 28 N–H and O–H groups in total. The number of rotatable bonds is 67. The SMILES string of the molecule is CCCCCCCCCCCCC/C=C/[C@@H](O)[C@H](CO[C@@H]1OC(CO)[C@@H](O[C@@H]2OC(CO)[C@H](O)[C@H](O[C@@H]3OC(CO)[C@@H](O[C@@H]4OC(CO)[C@H](O)[C@H](O[C@@H]5OC(CO)[C@@H](O[C@@H]6OC(CO[C@]7(C(=O)O)CC(O)[C@@H](NC(C)=O)C([C@H](O)[C@H](O)CO)O7)[C@H](O)[C@H](O)C6O)[C@H](O)C5NC(C)=O)C4O)[C@H](O[C@H]4OC(C)[C@@H](O)C(O)[C@@H]4O)C3NC(C)=O)C2O)[C@H](O)C1O)NC(=O)CCCCCCCCCCCCCCCCCCCCCCC. The average molecular weight is 2140 g/mol. The van der Waals surface area contributed by atoms with E-state index in [1.54, 1.807) is 6.08 Å². The molecule has 16 unspecified atom stereocenters. The average Bonchev–Trinajstić information content (AvgIpc) is 0.786. The number of amides is 4. The van der Waals surface area contributed by atoms with Crippen LogP contribution in [-0.4, -0.2) is 468 Å². The van der Waals surface area contributed by atoms with Gasteiger partial charge in [-0.1, -0.05) is 219 Å². The molecule has 0 aromatic rings. The van der Waals surface area contributed by atoms with Crippen LogP contribution < -0.4 is 21.3 Å². The summed E-state index contributed by atoms with van der Waals surface area (Å²) in [6.07, 6.45) is -38.1. The molecule has 862 valence electrons. The van der Waals surface area contributed by atoms with Crippen LogP contribution >= 0.6 is 0 Å². The molecule has 0 saturated carbocycles. The van der Waals surface area contributed by atoms with Crippen LogP contribution in [0.3, 0.4) is 0 Å². The lowest BCUT2D eigenvalue weighted by molar-refractivity contribution is -0.397. The Bertz CT molecular complexity index is 3740. The number of aliphatic carboxylic acids is 1. The van der Waals surface area contributed by atoms with Crippen LogP contribution in [0.5, 0.6) is 0 Å². The Morgan fingerprint density at radius 2 is 0.736 bits per heavy atom. The van der Waals surface area contributed by atoms with Crippen LogP contribution in [0.2, 0.25) is 0 Å². The molecule has 43 atom stereocenters. The number of allylic oxidation sites excluding steroid dienone is 1. The second kappa shape index (κ2) is 66.3. The maximum absolute atomic E-state index is 13.7. The molecule has 0 spiro atoms. The molecule has 8 aliphatic rings. The second-order valence-corrected chi connectivity index (χ2v) is 40.6. The lowest BCUT2D eigenvalue weighted by atomic mass is 9.88. The van der Waals surface area contributed by atoms with E-state index < -0.39 is 346 Å². The van der Waals surface area contributed by atoms with E-state index in [-0.39, 0.29) is 12.3 Å². The maximum atomic E-state index is 13.7. The van der Waals surface area contributed by atoms with Gasteiger partial charge in [-0.05, 0) is 26.2 Å². The monoisotopic (exact) mass is 2140 g/mol. The van der Waals surface area contributed by atoms with Gasteiger partial charge in [0.05, 0.1) is 83.3 Å². The fourth-order valence-electron chi connectivity index (χ4n) is 20.1. The molecule has 4 amide bonds. The molecule has 8 fully saturated rings. The predicted molar refractivity (Wildman–Crippen MR) is 514 cm³/mol. The largest absolute Gasteiger partial charge is 0.477 e. The summed E-state index contributed by atoms with van der Waals surface area (Å²) in [4.78, 5) is 65.8. The molecule has 8 saturated heterocycles. The fraction of sp³-hybridized carbons (Fsp3) is 0.929. The van der Waals surface area contributed by atoms with Crippen LogP contribution in [0.1, 0.15) is 266 Å². The highest BCUT2D eigenvalue weighted by Crippen LogP contribution is 2.42. The van der Waals surface area contributed by atoms with Crippen molar-refractivity contribution in [3.05, 3.63) is 12.2 Å². The Labute approximate surface area is 864 Å². The van der Waals surface area contributed by atoms with Gasteiger partial charge in [0.1, 0.15) is 183 Å². The van der Waals surface area contributed by atoms with Gasteiger partial charge in [0.2, 0.25) is 23.6 Å². The standard InChI is InChI=1S/C99H176N4O45/c1-7-9-11-13-15-17-19-21-22-23-24-25-26-27-28-30-32-34-36-38-40-42-66(116)103-56(57(113)41-39-37-35-33-31-29-20-18-16-14-12-10-8-2)50-133-93-81(128)78(125)85(63(48-108)140-93)143-96-82(129)90(74(121)60(45-105)136-96)147-92-69(102-55(6)112)88(145-94-79(126)76(123)70(117)52(3)135-94)86(64(49-109)139-92)144-97-83(130)89(73(120)61(46-106)137-97)146-91-68(101-54(5)111)75(122)84(62(47-107)138-91)142-95-80(127)77(124)72(119)65(141-95)51-134-99(98(131)132)43-58(114)67(100-53(4)110)87(148-99)71(118)59(115)44-104/h39,41,52,56-65,67-97,104-109,113-115,117-130H,7-38,40,42-51H2,1-6H3,(H,100,110)(H,101,111)(H,102,112)(H,103,116)(H,131,132)/b41-39+/t52?,56-,57+,58?,59+,60?,61?,62?,63?,64?,65?,67+,68?,69?,70+,71+,72-,73-,74-,75+,76?,77-,78+,79-,80?,81?,82?,83?,84+,85+,86+,87?,88+,89-,90-,91-,92-,93+,94+,95-,96-,97-,99+/m0/s1. The highest BCUT2D eigenvalue weighted by Gasteiger charge is 2.62. The Morgan fingerprint density at radius 1 is 0.372 bits per heavy atom. The van der Waals surface area contributed by atoms with Crippen molar-refractivity contribution in [2.45, 2.75) is 529 Å². The van der Waals surface area contributed by atoms with Crippen LogP contribution in [-0.2, 0) is 99.8 Å². The number of carbonyl (C=O) groups excluding carboxylic acids is 4. The summed E-state index contributed by atoms with van der Waals surface area (Å²) in [5.41, 5.74) is 0. The van der Waals surface area contributed by atoms with Gasteiger partial charge in [-0.2, -0.15) is 0 Å². The minimum atomic E-state index is -3.06. The van der Waals surface area contributed by atoms with Gasteiger partial charge in [-0.3, -0.25) is 19.2 Å². The zero-order valence-corrected chi connectivity index (χ0v) is 86.1. The number of aliphatic hydroxyl groups excluding tert-OH is 23. The fourth-order valence-corrected chi connectivity index (χ4v) is 20.1. The first-order valence-electron chi connectivity index (χ1n) is 53.5. The van der Waals surface area contributed by atoms with E-state index >= 15 is 0 Å². The summed E-state index contributed by atoms with van der Waals surface area (Å²) in [6.45, 7) is -0.0437. The van der Waals surface area contributed by atoms with Crippen molar-refractivity contribution in [1.29, 1.82) is 0 Å². The lowest BCUT2D eigenvalue weighted by Crippen LogP contribution is -2.72. The molecule has 49 nitrogen and oxygen atoms in total. The van der Waals surface area contributed by atoms with E-state index in [9.17, 15) is 147 Å². The summed E-state index contributed by atoms with van der Waals surface area (Å²) in [6, 6.07) is -6.81. The first-order valence-corrected chi connectivity index (χ1v) is 53.5. The van der Waals surface area contributed by atoms with Crippen molar-refractivity contribution in [3.63, 3.8) is 0 Å². The molecule has 148 heavy (non-hydrogen) atoms. The minimum absolute atomic E-state index is 0.132. The van der Waals surface area contributed by atoms with E-state index in [1.165, 1.54) is 142 Å². The molecular formula is C99H176N4O45. The van der Waals surface area contributed by atoms with E-state index in [4.69, 9.17) is 75.8 Å². The highest BCUT2D eigenvalue weighted by atomic mass is 16.8. The summed E-state index contributed by atoms with van der Waals surface area (Å²) < 4.78 is 96.5. The summed E-state index contributed by atoms with van der Waals surface area (Å²) in [7, 11) is 0. The number of hydrogen-bond acceptors (Lipinski definition) is 44. The predicted octanol–water partition coefficient (Wildman–Crippen LogP) is -4.06. The molecular weight excluding hydrogens is 1970 g/mol. The number of carboxylic acids is 1. The van der Waals surface area contributed by atoms with E-state index in [0.717, 1.165) is 85.0 Å². The van der Waals surface area contributed by atoms with E-state index in [0.29, 0.717) is 12.8 Å². The number of ether oxygens (including phenoxy) is 16. The zero-order valence-electron chi connectivity index (χ0n) is 86.1. The summed E-state index contributed by atoms with van der Waals surface area (Å²) in [5.74, 6) is -8.25. The van der Waals surface area contributed by atoms with Crippen molar-refractivity contribution < 1.29 is 222 Å². The maximum Gasteiger partial charge on any atom is 0.364 e. The minimum Gasteiger partial charge on any atom is -0.477 e. The van der Waals surface area contributed by atoms with Crippen LogP contribution in [0.4, 0.5) is 0 Å². The third-order valence-corrected chi connectivity index (χ3v) is 28.8. The summed E-state index contributed by atoms with van der Waals surface area (Å²) in [5, 5.41) is 282. The van der Waals surface area contributed by atoms with Crippen LogP contribution in [0.15, 0.2) is 12.2 Å². The normalized spacial score (nSPS) is 37.7. The molecule has 8 rings (SSSR count). The Hall–Kier alpha value is -4.47. The highest BCUT2D eigenvalue weighted by molar-refractivity contribution is 5.77. The molecule has 0 aliphatic carbocycles. The summed E-state index contributed by atoms with van der Waals surface area (Å²) >= 11 is 0. The third-order valence-electron chi connectivity index (χ3n) is 28.8. The van der Waals surface area contributed by atoms with Crippen molar-refractivity contribution in [1.82, 2.24) is 21.3 Å². The van der Waals surface area contributed by atoms with Gasteiger partial charge >= 0.3 is 5.97 Å². The zero-order chi connectivity index (χ0) is 109. The first kappa shape index (κ1) is 129. The van der Waals surface area contributed by atoms with Gasteiger partial charge in [0.25, 0.3) is 5.79 Å². The van der Waals surface area contributed by atoms with Gasteiger partial charge in [-0.15, -0.1) is 0 Å². The van der Waals surface area contributed by atoms with Crippen molar-refractivity contribution >= 4 is 29.6 Å². The first-order chi connectivity index (χ1) is 70.8. The number of hydrogen-bond donors (Lipinski definition) is 28. The molecule has 49 heteroatoms.